The molecule has 0 radical (unpaired) electrons. The molecule has 0 aliphatic rings. The van der Waals surface area contributed by atoms with Crippen molar-refractivity contribution in [1.82, 2.24) is 4.90 Å². The van der Waals surface area contributed by atoms with Gasteiger partial charge < -0.3 is 10.0 Å². The zero-order valence-electron chi connectivity index (χ0n) is 10.1. The zero-order chi connectivity index (χ0) is 12.7. The molecule has 2 nitrogen and oxygen atoms in total. The summed E-state index contributed by atoms with van der Waals surface area (Å²) in [5, 5.41) is 8.67. The van der Waals surface area contributed by atoms with E-state index in [1.165, 1.54) is 12.1 Å². The number of aliphatic hydroxyl groups excluding tert-OH is 1. The predicted octanol–water partition coefficient (Wildman–Crippen LogP) is 3.18. The van der Waals surface area contributed by atoms with Crippen LogP contribution in [0.3, 0.4) is 0 Å². The van der Waals surface area contributed by atoms with Gasteiger partial charge in [0, 0.05) is 17.6 Å². The lowest BCUT2D eigenvalue weighted by atomic mass is 10.2. The number of halogens is 2. The van der Waals surface area contributed by atoms with Crippen LogP contribution in [0.5, 0.6) is 0 Å². The van der Waals surface area contributed by atoms with Crippen LogP contribution >= 0.6 is 15.9 Å². The third-order valence-electron chi connectivity index (χ3n) is 2.65. The summed E-state index contributed by atoms with van der Waals surface area (Å²) in [7, 11) is 2.05. The fraction of sp³-hybridized carbons (Fsp3) is 0.538. The van der Waals surface area contributed by atoms with Gasteiger partial charge in [0.2, 0.25) is 0 Å². The number of benzene rings is 1. The lowest BCUT2D eigenvalue weighted by Gasteiger charge is -2.17. The van der Waals surface area contributed by atoms with Gasteiger partial charge in [0.05, 0.1) is 0 Å². The standard InChI is InChI=1S/C13H19BrFNO/c1-16(7-3-2-4-8-17)10-11-5-6-12(15)9-13(11)14/h5-6,9,17H,2-4,7-8,10H2,1H3. The van der Waals surface area contributed by atoms with Crippen molar-refractivity contribution in [3.8, 4) is 0 Å². The minimum Gasteiger partial charge on any atom is -0.396 e. The third kappa shape index (κ3) is 5.61. The largest absolute Gasteiger partial charge is 0.396 e. The van der Waals surface area contributed by atoms with Gasteiger partial charge in [0.15, 0.2) is 0 Å². The van der Waals surface area contributed by atoms with Crippen LogP contribution < -0.4 is 0 Å². The Morgan fingerprint density at radius 1 is 1.29 bits per heavy atom. The van der Waals surface area contributed by atoms with Gasteiger partial charge in [-0.3, -0.25) is 0 Å². The van der Waals surface area contributed by atoms with Gasteiger partial charge in [-0.15, -0.1) is 0 Å². The Morgan fingerprint density at radius 2 is 2.06 bits per heavy atom. The molecule has 1 aromatic carbocycles. The quantitative estimate of drug-likeness (QED) is 0.782. The molecule has 0 fully saturated rings. The van der Waals surface area contributed by atoms with E-state index >= 15 is 0 Å². The summed E-state index contributed by atoms with van der Waals surface area (Å²) in [6.45, 7) is 2.07. The molecule has 0 aliphatic heterocycles. The van der Waals surface area contributed by atoms with Crippen LogP contribution in [0.15, 0.2) is 22.7 Å². The van der Waals surface area contributed by atoms with Gasteiger partial charge in [0.25, 0.3) is 0 Å². The predicted molar refractivity (Wildman–Crippen MR) is 71.4 cm³/mol. The molecule has 0 spiro atoms. The smallest absolute Gasteiger partial charge is 0.124 e. The van der Waals surface area contributed by atoms with E-state index in [0.29, 0.717) is 0 Å². The fourth-order valence-electron chi connectivity index (χ4n) is 1.69. The van der Waals surface area contributed by atoms with Gasteiger partial charge in [-0.1, -0.05) is 22.0 Å². The van der Waals surface area contributed by atoms with Crippen molar-refractivity contribution in [3.63, 3.8) is 0 Å². The highest BCUT2D eigenvalue weighted by Crippen LogP contribution is 2.19. The van der Waals surface area contributed by atoms with E-state index in [0.717, 1.165) is 42.4 Å². The summed E-state index contributed by atoms with van der Waals surface area (Å²) < 4.78 is 13.7. The molecule has 0 unspecified atom stereocenters. The number of hydrogen-bond donors (Lipinski definition) is 1. The average Bonchev–Trinajstić information content (AvgIpc) is 2.28. The number of rotatable bonds is 7. The highest BCUT2D eigenvalue weighted by molar-refractivity contribution is 9.10. The van der Waals surface area contributed by atoms with Gasteiger partial charge in [0.1, 0.15) is 5.82 Å². The molecule has 0 bridgehead atoms. The van der Waals surface area contributed by atoms with Crippen LogP contribution in [0.25, 0.3) is 0 Å². The number of unbranched alkanes of at least 4 members (excludes halogenated alkanes) is 2. The molecule has 0 aliphatic carbocycles. The molecule has 1 rings (SSSR count). The summed E-state index contributed by atoms with van der Waals surface area (Å²) >= 11 is 3.37. The molecular formula is C13H19BrFNO. The Balaban J connectivity index is 2.37. The number of hydrogen-bond acceptors (Lipinski definition) is 2. The molecule has 0 atom stereocenters. The maximum Gasteiger partial charge on any atom is 0.124 e. The maximum atomic E-state index is 12.9. The van der Waals surface area contributed by atoms with Gasteiger partial charge in [-0.25, -0.2) is 4.39 Å². The molecule has 1 N–H and O–H groups in total. The molecular weight excluding hydrogens is 285 g/mol. The molecule has 0 saturated carbocycles. The van der Waals surface area contributed by atoms with Crippen molar-refractivity contribution < 1.29 is 9.50 Å². The van der Waals surface area contributed by atoms with Crippen molar-refractivity contribution in [2.75, 3.05) is 20.2 Å². The average molecular weight is 304 g/mol. The van der Waals surface area contributed by atoms with Crippen LogP contribution in [0.1, 0.15) is 24.8 Å². The molecule has 0 amide bonds. The van der Waals surface area contributed by atoms with E-state index < -0.39 is 0 Å². The molecule has 17 heavy (non-hydrogen) atoms. The molecule has 96 valence electrons. The van der Waals surface area contributed by atoms with Crippen LogP contribution in [-0.2, 0) is 6.54 Å². The second kappa shape index (κ2) is 7.80. The zero-order valence-corrected chi connectivity index (χ0v) is 11.7. The van der Waals surface area contributed by atoms with Crippen molar-refractivity contribution in [2.24, 2.45) is 0 Å². The highest BCUT2D eigenvalue weighted by Gasteiger charge is 2.05. The number of nitrogens with zero attached hydrogens (tertiary/aromatic N) is 1. The maximum absolute atomic E-state index is 12.9. The van der Waals surface area contributed by atoms with E-state index in [-0.39, 0.29) is 12.4 Å². The van der Waals surface area contributed by atoms with E-state index in [4.69, 9.17) is 5.11 Å². The molecule has 4 heteroatoms. The SMILES string of the molecule is CN(CCCCCO)Cc1ccc(F)cc1Br. The Morgan fingerprint density at radius 3 is 2.71 bits per heavy atom. The normalized spacial score (nSPS) is 11.1. The van der Waals surface area contributed by atoms with Crippen molar-refractivity contribution in [3.05, 3.63) is 34.1 Å². The van der Waals surface area contributed by atoms with Crippen LogP contribution in [-0.4, -0.2) is 30.2 Å². The number of aliphatic hydroxyl groups is 1. The third-order valence-corrected chi connectivity index (χ3v) is 3.39. The lowest BCUT2D eigenvalue weighted by Crippen LogP contribution is -2.19. The van der Waals surface area contributed by atoms with Crippen molar-refractivity contribution in [2.45, 2.75) is 25.8 Å². The summed E-state index contributed by atoms with van der Waals surface area (Å²) in [4.78, 5) is 2.20. The first-order valence-corrected chi connectivity index (χ1v) is 6.66. The first-order valence-electron chi connectivity index (χ1n) is 5.87. The first kappa shape index (κ1) is 14.6. The summed E-state index contributed by atoms with van der Waals surface area (Å²) in [6, 6.07) is 4.79. The summed E-state index contributed by atoms with van der Waals surface area (Å²) in [5.41, 5.74) is 1.09. The minimum absolute atomic E-state index is 0.216. The molecule has 1 aromatic rings. The van der Waals surface area contributed by atoms with Crippen molar-refractivity contribution in [1.29, 1.82) is 0 Å². The summed E-state index contributed by atoms with van der Waals surface area (Å²) in [6.07, 6.45) is 3.00. The van der Waals surface area contributed by atoms with E-state index in [2.05, 4.69) is 27.9 Å². The van der Waals surface area contributed by atoms with Crippen molar-refractivity contribution >= 4 is 15.9 Å². The minimum atomic E-state index is -0.216. The molecule has 0 aromatic heterocycles. The first-order chi connectivity index (χ1) is 8.13. The second-order valence-electron chi connectivity index (χ2n) is 4.26. The van der Waals surface area contributed by atoms with Gasteiger partial charge in [-0.05, 0) is 50.6 Å². The molecule has 0 saturated heterocycles. The Labute approximate surface area is 111 Å². The van der Waals surface area contributed by atoms with Crippen LogP contribution in [0.4, 0.5) is 4.39 Å². The van der Waals surface area contributed by atoms with E-state index in [9.17, 15) is 4.39 Å². The second-order valence-corrected chi connectivity index (χ2v) is 5.11. The van der Waals surface area contributed by atoms with E-state index in [1.807, 2.05) is 6.07 Å². The highest BCUT2D eigenvalue weighted by atomic mass is 79.9. The van der Waals surface area contributed by atoms with Gasteiger partial charge in [-0.2, -0.15) is 0 Å². The fourth-order valence-corrected chi connectivity index (χ4v) is 2.17. The Kier molecular flexibility index (Phi) is 6.70. The Bertz CT molecular complexity index is 346. The monoisotopic (exact) mass is 303 g/mol. The lowest BCUT2D eigenvalue weighted by molar-refractivity contribution is 0.271. The Hall–Kier alpha value is -0.450. The molecule has 0 heterocycles. The van der Waals surface area contributed by atoms with E-state index in [1.54, 1.807) is 0 Å². The summed E-state index contributed by atoms with van der Waals surface area (Å²) in [5.74, 6) is -0.216. The van der Waals surface area contributed by atoms with Crippen LogP contribution in [0, 0.1) is 5.82 Å². The van der Waals surface area contributed by atoms with Crippen LogP contribution in [0.2, 0.25) is 0 Å². The topological polar surface area (TPSA) is 23.5 Å². The van der Waals surface area contributed by atoms with Gasteiger partial charge >= 0.3 is 0 Å².